The van der Waals surface area contributed by atoms with Crippen LogP contribution >= 0.6 is 57.6 Å². The Hall–Kier alpha value is -3.51. The van der Waals surface area contributed by atoms with Crippen molar-refractivity contribution >= 4 is 97.7 Å². The first-order chi connectivity index (χ1) is 21.1. The number of aliphatic imine (C=N–C) groups is 1. The van der Waals surface area contributed by atoms with Gasteiger partial charge in [-0.2, -0.15) is 0 Å². The molecule has 0 radical (unpaired) electrons. The van der Waals surface area contributed by atoms with Gasteiger partial charge >= 0.3 is 0 Å². The number of hydrogen-bond donors (Lipinski definition) is 1. The fourth-order valence-corrected chi connectivity index (χ4v) is 6.30. The van der Waals surface area contributed by atoms with Gasteiger partial charge in [-0.15, -0.1) is 0 Å². The lowest BCUT2D eigenvalue weighted by Gasteiger charge is -2.16. The zero-order chi connectivity index (χ0) is 31.4. The van der Waals surface area contributed by atoms with Gasteiger partial charge in [-0.1, -0.05) is 58.6 Å². The maximum Gasteiger partial charge on any atom is 0.271 e. The van der Waals surface area contributed by atoms with Crippen LogP contribution in [0.4, 0.5) is 17.1 Å². The lowest BCUT2D eigenvalue weighted by molar-refractivity contribution is -0.118. The second-order valence-corrected chi connectivity index (χ2v) is 12.8. The topological polar surface area (TPSA) is 80.2 Å². The summed E-state index contributed by atoms with van der Waals surface area (Å²) >= 11 is 15.4. The average Bonchev–Trinajstić information content (AvgIpc) is 3.29. The zero-order valence-corrected chi connectivity index (χ0v) is 28.3. The SMILES string of the molecule is COc1cc(/C=C2/SC(=Nc3ccc(C)cc3)N(c3ccc(C)cc3)C2=O)cc(I)c1OCC(=O)Nc1ccc(Cl)c(Cl)c1. The van der Waals surface area contributed by atoms with Crippen LogP contribution in [0.1, 0.15) is 16.7 Å². The smallest absolute Gasteiger partial charge is 0.271 e. The predicted octanol–water partition coefficient (Wildman–Crippen LogP) is 9.05. The largest absolute Gasteiger partial charge is 0.493 e. The second-order valence-electron chi connectivity index (χ2n) is 9.82. The molecule has 0 saturated carbocycles. The van der Waals surface area contributed by atoms with Crippen LogP contribution in [0, 0.1) is 17.4 Å². The van der Waals surface area contributed by atoms with E-state index in [9.17, 15) is 9.59 Å². The number of amidine groups is 1. The number of benzene rings is 4. The number of aryl methyl sites for hydroxylation is 2. The van der Waals surface area contributed by atoms with Gasteiger partial charge in [0.2, 0.25) is 0 Å². The van der Waals surface area contributed by atoms with Gasteiger partial charge in [-0.25, -0.2) is 4.99 Å². The molecule has 0 atom stereocenters. The van der Waals surface area contributed by atoms with E-state index in [0.717, 1.165) is 28.1 Å². The highest BCUT2D eigenvalue weighted by atomic mass is 127. The van der Waals surface area contributed by atoms with Gasteiger partial charge in [0.15, 0.2) is 23.3 Å². The third kappa shape index (κ3) is 7.58. The summed E-state index contributed by atoms with van der Waals surface area (Å²) in [6.45, 7) is 3.76. The third-order valence-corrected chi connectivity index (χ3v) is 8.97. The summed E-state index contributed by atoms with van der Waals surface area (Å²) in [6.07, 6.45) is 1.80. The maximum absolute atomic E-state index is 13.8. The Morgan fingerprint density at radius 1 is 0.977 bits per heavy atom. The minimum Gasteiger partial charge on any atom is -0.493 e. The molecule has 4 aromatic carbocycles. The first kappa shape index (κ1) is 31.9. The number of nitrogens with one attached hydrogen (secondary N) is 1. The number of amides is 2. The molecular formula is C33H26Cl2IN3O4S. The van der Waals surface area contributed by atoms with Crippen LogP contribution in [0.3, 0.4) is 0 Å². The van der Waals surface area contributed by atoms with E-state index in [4.69, 9.17) is 37.7 Å². The van der Waals surface area contributed by atoms with Gasteiger partial charge < -0.3 is 14.8 Å². The molecule has 0 aliphatic carbocycles. The molecule has 44 heavy (non-hydrogen) atoms. The molecule has 7 nitrogen and oxygen atoms in total. The van der Waals surface area contributed by atoms with Gasteiger partial charge in [0.1, 0.15) is 0 Å². The molecule has 0 aromatic heterocycles. The normalized spacial score (nSPS) is 14.8. The van der Waals surface area contributed by atoms with E-state index >= 15 is 0 Å². The summed E-state index contributed by atoms with van der Waals surface area (Å²) < 4.78 is 12.1. The molecule has 0 unspecified atom stereocenters. The number of carbonyl (C=O) groups excluding carboxylic acids is 2. The van der Waals surface area contributed by atoms with Crippen molar-refractivity contribution in [1.29, 1.82) is 0 Å². The Labute approximate surface area is 283 Å². The minimum absolute atomic E-state index is 0.182. The van der Waals surface area contributed by atoms with Crippen molar-refractivity contribution < 1.29 is 19.1 Å². The Kier molecular flexibility index (Phi) is 10.2. The van der Waals surface area contributed by atoms with Gasteiger partial charge in [0, 0.05) is 5.69 Å². The van der Waals surface area contributed by atoms with E-state index in [1.807, 2.05) is 68.4 Å². The number of rotatable bonds is 8. The van der Waals surface area contributed by atoms with Crippen LogP contribution in [0.25, 0.3) is 6.08 Å². The molecule has 1 heterocycles. The van der Waals surface area contributed by atoms with Gasteiger partial charge in [-0.3, -0.25) is 14.5 Å². The number of carbonyl (C=O) groups is 2. The number of methoxy groups -OCH3 is 1. The van der Waals surface area contributed by atoms with Crippen LogP contribution in [0.15, 0.2) is 88.8 Å². The molecule has 224 valence electrons. The summed E-state index contributed by atoms with van der Waals surface area (Å²) in [4.78, 5) is 33.3. The van der Waals surface area contributed by atoms with Gasteiger partial charge in [-0.05, 0) is 114 Å². The van der Waals surface area contributed by atoms with Gasteiger partial charge in [0.05, 0.1) is 37.0 Å². The molecule has 5 rings (SSSR count). The van der Waals surface area contributed by atoms with Crippen LogP contribution < -0.4 is 19.7 Å². The van der Waals surface area contributed by atoms with Crippen LogP contribution in [-0.2, 0) is 9.59 Å². The summed E-state index contributed by atoms with van der Waals surface area (Å²) in [5.41, 5.74) is 4.94. The van der Waals surface area contributed by atoms with Crippen molar-refractivity contribution in [3.8, 4) is 11.5 Å². The molecule has 1 aliphatic heterocycles. The van der Waals surface area contributed by atoms with Crippen LogP contribution in [0.2, 0.25) is 10.0 Å². The molecule has 4 aromatic rings. The van der Waals surface area contributed by atoms with Gasteiger partial charge in [0.25, 0.3) is 11.8 Å². The Bertz CT molecular complexity index is 1790. The first-order valence-electron chi connectivity index (χ1n) is 13.3. The quantitative estimate of drug-likeness (QED) is 0.143. The predicted molar refractivity (Wildman–Crippen MR) is 189 cm³/mol. The molecule has 1 fully saturated rings. The van der Waals surface area contributed by atoms with Crippen LogP contribution in [-0.4, -0.2) is 30.7 Å². The molecule has 2 amide bonds. The Morgan fingerprint density at radius 3 is 2.32 bits per heavy atom. The molecule has 0 bridgehead atoms. The van der Waals surface area contributed by atoms with E-state index in [-0.39, 0.29) is 18.4 Å². The average molecular weight is 758 g/mol. The molecule has 1 N–H and O–H groups in total. The molecule has 1 saturated heterocycles. The number of halogens is 3. The highest BCUT2D eigenvalue weighted by Crippen LogP contribution is 2.40. The highest BCUT2D eigenvalue weighted by molar-refractivity contribution is 14.1. The van der Waals surface area contributed by atoms with E-state index in [1.165, 1.54) is 18.9 Å². The number of ether oxygens (including phenoxy) is 2. The molecule has 1 aliphatic rings. The summed E-state index contributed by atoms with van der Waals surface area (Å²) in [5, 5.41) is 4.02. The van der Waals surface area contributed by atoms with Crippen molar-refractivity contribution in [3.05, 3.63) is 114 Å². The second kappa shape index (κ2) is 14.1. The fourth-order valence-electron chi connectivity index (χ4n) is 4.22. The monoisotopic (exact) mass is 757 g/mol. The Balaban J connectivity index is 1.39. The number of thioether (sulfide) groups is 1. The van der Waals surface area contributed by atoms with Crippen molar-refractivity contribution in [2.75, 3.05) is 23.9 Å². The number of anilines is 2. The molecular weight excluding hydrogens is 732 g/mol. The van der Waals surface area contributed by atoms with E-state index in [2.05, 4.69) is 27.9 Å². The Morgan fingerprint density at radius 2 is 1.66 bits per heavy atom. The third-order valence-electron chi connectivity index (χ3n) is 6.46. The van der Waals surface area contributed by atoms with E-state index < -0.39 is 0 Å². The summed E-state index contributed by atoms with van der Waals surface area (Å²) in [7, 11) is 1.52. The summed E-state index contributed by atoms with van der Waals surface area (Å²) in [6, 6.07) is 24.0. The lowest BCUT2D eigenvalue weighted by Crippen LogP contribution is -2.28. The fraction of sp³-hybridized carbons (Fsp3) is 0.121. The van der Waals surface area contributed by atoms with Crippen LogP contribution in [0.5, 0.6) is 11.5 Å². The van der Waals surface area contributed by atoms with Crippen molar-refractivity contribution in [1.82, 2.24) is 0 Å². The molecule has 11 heteroatoms. The number of nitrogens with zero attached hydrogens (tertiary/aromatic N) is 2. The van der Waals surface area contributed by atoms with Crippen molar-refractivity contribution in [2.45, 2.75) is 13.8 Å². The minimum atomic E-state index is -0.378. The highest BCUT2D eigenvalue weighted by Gasteiger charge is 2.35. The lowest BCUT2D eigenvalue weighted by atomic mass is 10.1. The standard InChI is InChI=1S/C33H26Cl2IN3O4S/c1-19-4-8-22(9-5-19)38-33-39(24-11-6-20(2)7-12-24)32(41)29(44-33)16-21-14-27(36)31(28(15-21)42-3)43-18-30(40)37-23-10-13-25(34)26(35)17-23/h4-17H,18H2,1-3H3,(H,37,40)/b29-16+,38-33?. The van der Waals surface area contributed by atoms with Crippen molar-refractivity contribution in [3.63, 3.8) is 0 Å². The molecule has 0 spiro atoms. The van der Waals surface area contributed by atoms with E-state index in [0.29, 0.717) is 40.9 Å². The zero-order valence-electron chi connectivity index (χ0n) is 23.9. The summed E-state index contributed by atoms with van der Waals surface area (Å²) in [5.74, 6) is 0.272. The van der Waals surface area contributed by atoms with E-state index in [1.54, 1.807) is 35.2 Å². The maximum atomic E-state index is 13.8. The first-order valence-corrected chi connectivity index (χ1v) is 16.0. The number of hydrogen-bond acceptors (Lipinski definition) is 6. The van der Waals surface area contributed by atoms with Crippen molar-refractivity contribution in [2.24, 2.45) is 4.99 Å².